The molecule has 0 bridgehead atoms. The quantitative estimate of drug-likeness (QED) is 0.434. The van der Waals surface area contributed by atoms with Crippen LogP contribution in [0.3, 0.4) is 0 Å². The molecule has 0 fully saturated rings. The molecule has 0 saturated heterocycles. The molecule has 0 aliphatic rings. The van der Waals surface area contributed by atoms with Crippen molar-refractivity contribution in [2.75, 3.05) is 0 Å². The Kier molecular flexibility index (Phi) is 3.02. The molecule has 2 nitrogen and oxygen atoms in total. The van der Waals surface area contributed by atoms with Crippen LogP contribution in [0.4, 0.5) is 0 Å². The zero-order chi connectivity index (χ0) is 16.0. The van der Waals surface area contributed by atoms with Gasteiger partial charge in [0, 0.05) is 5.56 Å². The molecule has 1 aromatic heterocycles. The minimum Gasteiger partial charge on any atom is -0.436 e. The van der Waals surface area contributed by atoms with Gasteiger partial charge in [0.25, 0.3) is 0 Å². The lowest BCUT2D eigenvalue weighted by Gasteiger charge is -2.18. The van der Waals surface area contributed by atoms with Gasteiger partial charge in [-0.1, -0.05) is 63.2 Å². The highest BCUT2D eigenvalue weighted by Crippen LogP contribution is 2.32. The molecule has 0 amide bonds. The molecule has 0 unspecified atom stereocenters. The van der Waals surface area contributed by atoms with E-state index in [2.05, 4.69) is 62.2 Å². The summed E-state index contributed by atoms with van der Waals surface area (Å²) in [7, 11) is 0. The van der Waals surface area contributed by atoms with Crippen LogP contribution < -0.4 is 0 Å². The first-order chi connectivity index (χ1) is 11.0. The van der Waals surface area contributed by atoms with Crippen molar-refractivity contribution in [3.63, 3.8) is 0 Å². The van der Waals surface area contributed by atoms with Gasteiger partial charge >= 0.3 is 0 Å². The van der Waals surface area contributed by atoms with Crippen LogP contribution >= 0.6 is 0 Å². The second kappa shape index (κ2) is 4.95. The molecule has 0 aliphatic carbocycles. The highest BCUT2D eigenvalue weighted by Gasteiger charge is 2.17. The van der Waals surface area contributed by atoms with Crippen LogP contribution in [0.25, 0.3) is 33.3 Å². The molecular weight excluding hydrogens is 282 g/mol. The summed E-state index contributed by atoms with van der Waals surface area (Å²) in [5.41, 5.74) is 4.14. The fraction of sp³-hybridized carbons (Fsp3) is 0.190. The Morgan fingerprint density at radius 3 is 2.48 bits per heavy atom. The third-order valence-electron chi connectivity index (χ3n) is 4.27. The van der Waals surface area contributed by atoms with E-state index >= 15 is 0 Å². The van der Waals surface area contributed by atoms with Gasteiger partial charge in [-0.3, -0.25) is 0 Å². The maximum atomic E-state index is 6.09. The Morgan fingerprint density at radius 1 is 0.870 bits per heavy atom. The number of rotatable bonds is 1. The minimum absolute atomic E-state index is 0.0978. The van der Waals surface area contributed by atoms with Crippen molar-refractivity contribution in [2.45, 2.75) is 26.2 Å². The molecule has 4 rings (SSSR count). The van der Waals surface area contributed by atoms with Gasteiger partial charge < -0.3 is 4.42 Å². The molecule has 2 heteroatoms. The molecule has 114 valence electrons. The lowest BCUT2D eigenvalue weighted by molar-refractivity contribution is 0.584. The monoisotopic (exact) mass is 301 g/mol. The van der Waals surface area contributed by atoms with Crippen LogP contribution in [0.1, 0.15) is 26.3 Å². The summed E-state index contributed by atoms with van der Waals surface area (Å²) in [4.78, 5) is 4.69. The number of oxazole rings is 1. The molecule has 0 saturated carbocycles. The van der Waals surface area contributed by atoms with E-state index in [1.165, 1.54) is 10.9 Å². The second-order valence-electron chi connectivity index (χ2n) is 6.98. The first-order valence-electron chi connectivity index (χ1n) is 7.91. The Labute approximate surface area is 135 Å². The average Bonchev–Trinajstić information content (AvgIpc) is 2.96. The summed E-state index contributed by atoms with van der Waals surface area (Å²) in [6, 6.07) is 20.8. The highest BCUT2D eigenvalue weighted by atomic mass is 16.3. The molecule has 0 spiro atoms. The van der Waals surface area contributed by atoms with Crippen LogP contribution in [-0.2, 0) is 5.41 Å². The SMILES string of the molecule is CC(C)(C)c1ccc2nc(-c3cccc4ccccc34)oc2c1. The van der Waals surface area contributed by atoms with Crippen LogP contribution in [-0.4, -0.2) is 4.98 Å². The molecule has 0 radical (unpaired) electrons. The number of benzene rings is 3. The summed E-state index contributed by atoms with van der Waals surface area (Å²) >= 11 is 0. The first-order valence-corrected chi connectivity index (χ1v) is 7.91. The van der Waals surface area contributed by atoms with Crippen molar-refractivity contribution in [3.8, 4) is 11.5 Å². The smallest absolute Gasteiger partial charge is 0.227 e. The number of hydrogen-bond donors (Lipinski definition) is 0. The van der Waals surface area contributed by atoms with E-state index in [1.807, 2.05) is 24.3 Å². The lowest BCUT2D eigenvalue weighted by atomic mass is 9.87. The lowest BCUT2D eigenvalue weighted by Crippen LogP contribution is -2.10. The van der Waals surface area contributed by atoms with Crippen molar-refractivity contribution in [3.05, 3.63) is 66.2 Å². The van der Waals surface area contributed by atoms with E-state index < -0.39 is 0 Å². The molecule has 0 atom stereocenters. The van der Waals surface area contributed by atoms with Gasteiger partial charge in [0.05, 0.1) is 0 Å². The summed E-state index contributed by atoms with van der Waals surface area (Å²) < 4.78 is 6.09. The molecule has 1 heterocycles. The second-order valence-corrected chi connectivity index (χ2v) is 6.98. The third kappa shape index (κ3) is 2.40. The maximum Gasteiger partial charge on any atom is 0.227 e. The molecule has 23 heavy (non-hydrogen) atoms. The molecule has 3 aromatic carbocycles. The predicted molar refractivity (Wildman–Crippen MR) is 95.7 cm³/mol. The zero-order valence-corrected chi connectivity index (χ0v) is 13.6. The number of fused-ring (bicyclic) bond motifs is 2. The first kappa shape index (κ1) is 14.0. The Hall–Kier alpha value is -2.61. The summed E-state index contributed by atoms with van der Waals surface area (Å²) in [6.07, 6.45) is 0. The van der Waals surface area contributed by atoms with E-state index in [4.69, 9.17) is 4.42 Å². The Balaban J connectivity index is 1.92. The molecule has 0 aliphatic heterocycles. The molecule has 0 N–H and O–H groups in total. The Bertz CT molecular complexity index is 1000. The van der Waals surface area contributed by atoms with Crippen LogP contribution in [0.5, 0.6) is 0 Å². The van der Waals surface area contributed by atoms with Crippen molar-refractivity contribution in [1.29, 1.82) is 0 Å². The van der Waals surface area contributed by atoms with Gasteiger partial charge in [-0.05, 0) is 39.9 Å². The van der Waals surface area contributed by atoms with Crippen molar-refractivity contribution < 1.29 is 4.42 Å². The summed E-state index contributed by atoms with van der Waals surface area (Å²) in [6.45, 7) is 6.61. The normalized spacial score (nSPS) is 12.1. The summed E-state index contributed by atoms with van der Waals surface area (Å²) in [5, 5.41) is 2.36. The van der Waals surface area contributed by atoms with Crippen LogP contribution in [0.2, 0.25) is 0 Å². The molecule has 4 aromatic rings. The van der Waals surface area contributed by atoms with E-state index in [0.29, 0.717) is 5.89 Å². The average molecular weight is 301 g/mol. The van der Waals surface area contributed by atoms with Gasteiger partial charge in [-0.15, -0.1) is 0 Å². The predicted octanol–water partition coefficient (Wildman–Crippen LogP) is 5.95. The molecular formula is C21H19NO. The number of nitrogens with zero attached hydrogens (tertiary/aromatic N) is 1. The van der Waals surface area contributed by atoms with E-state index in [-0.39, 0.29) is 5.41 Å². The number of hydrogen-bond acceptors (Lipinski definition) is 2. The van der Waals surface area contributed by atoms with Gasteiger partial charge in [0.2, 0.25) is 5.89 Å². The zero-order valence-electron chi connectivity index (χ0n) is 13.6. The van der Waals surface area contributed by atoms with E-state index in [1.54, 1.807) is 0 Å². The van der Waals surface area contributed by atoms with E-state index in [0.717, 1.165) is 22.0 Å². The van der Waals surface area contributed by atoms with Gasteiger partial charge in [0.15, 0.2) is 5.58 Å². The van der Waals surface area contributed by atoms with Crippen molar-refractivity contribution in [2.24, 2.45) is 0 Å². The summed E-state index contributed by atoms with van der Waals surface area (Å²) in [5.74, 6) is 0.683. The van der Waals surface area contributed by atoms with E-state index in [9.17, 15) is 0 Å². The van der Waals surface area contributed by atoms with Gasteiger partial charge in [-0.25, -0.2) is 4.98 Å². The van der Waals surface area contributed by atoms with Crippen LogP contribution in [0, 0.1) is 0 Å². The number of aromatic nitrogens is 1. The van der Waals surface area contributed by atoms with Gasteiger partial charge in [0.1, 0.15) is 5.52 Å². The van der Waals surface area contributed by atoms with Crippen molar-refractivity contribution in [1.82, 2.24) is 4.98 Å². The maximum absolute atomic E-state index is 6.09. The highest BCUT2D eigenvalue weighted by molar-refractivity contribution is 5.95. The topological polar surface area (TPSA) is 26.0 Å². The van der Waals surface area contributed by atoms with Crippen molar-refractivity contribution >= 4 is 21.9 Å². The third-order valence-corrected chi connectivity index (χ3v) is 4.27. The van der Waals surface area contributed by atoms with Crippen LogP contribution in [0.15, 0.2) is 65.1 Å². The Morgan fingerprint density at radius 2 is 1.65 bits per heavy atom. The minimum atomic E-state index is 0.0978. The fourth-order valence-electron chi connectivity index (χ4n) is 2.92. The fourth-order valence-corrected chi connectivity index (χ4v) is 2.92. The standard InChI is InChI=1S/C21H19NO/c1-21(2,3)15-11-12-18-19(13-15)23-20(22-18)17-10-6-8-14-7-4-5-9-16(14)17/h4-13H,1-3H3. The van der Waals surface area contributed by atoms with Gasteiger partial charge in [-0.2, -0.15) is 0 Å². The largest absolute Gasteiger partial charge is 0.436 e.